The van der Waals surface area contributed by atoms with Crippen LogP contribution >= 0.6 is 0 Å². The Morgan fingerprint density at radius 2 is 2.30 bits per heavy atom. The highest BCUT2D eigenvalue weighted by molar-refractivity contribution is 5.92. The van der Waals surface area contributed by atoms with E-state index < -0.39 is 0 Å². The van der Waals surface area contributed by atoms with Crippen LogP contribution in [0.1, 0.15) is 16.2 Å². The maximum absolute atomic E-state index is 12.4. The Hall–Kier alpha value is -2.12. The normalized spacial score (nSPS) is 25.3. The molecule has 122 valence electrons. The van der Waals surface area contributed by atoms with Gasteiger partial charge < -0.3 is 18.5 Å². The maximum atomic E-state index is 12.4. The predicted molar refractivity (Wildman–Crippen MR) is 79.6 cm³/mol. The van der Waals surface area contributed by atoms with Crippen LogP contribution in [-0.2, 0) is 11.3 Å². The van der Waals surface area contributed by atoms with Crippen LogP contribution in [0.2, 0.25) is 0 Å². The van der Waals surface area contributed by atoms with Crippen molar-refractivity contribution in [2.45, 2.75) is 12.6 Å². The van der Waals surface area contributed by atoms with Gasteiger partial charge >= 0.3 is 0 Å². The minimum Gasteiger partial charge on any atom is -0.468 e. The summed E-state index contributed by atoms with van der Waals surface area (Å²) in [5.74, 6) is 1.17. The Morgan fingerprint density at radius 1 is 1.35 bits per heavy atom. The topological polar surface area (TPSA) is 72.0 Å². The second kappa shape index (κ2) is 6.17. The lowest BCUT2D eigenvalue weighted by atomic mass is 10.1. The van der Waals surface area contributed by atoms with Crippen molar-refractivity contribution in [3.8, 4) is 0 Å². The van der Waals surface area contributed by atoms with Gasteiger partial charge in [-0.25, -0.2) is 4.98 Å². The van der Waals surface area contributed by atoms with Crippen LogP contribution in [0.15, 0.2) is 39.9 Å². The Balaban J connectivity index is 1.41. The Bertz CT molecular complexity index is 640. The first kappa shape index (κ1) is 14.5. The molecule has 0 saturated carbocycles. The molecule has 2 aromatic rings. The molecule has 7 heteroatoms. The number of aromatic nitrogens is 1. The molecule has 7 nitrogen and oxygen atoms in total. The van der Waals surface area contributed by atoms with Crippen LogP contribution in [-0.4, -0.2) is 59.6 Å². The lowest BCUT2D eigenvalue weighted by Crippen LogP contribution is -2.33. The standard InChI is InChI=1S/C16H19N3O4/c20-16(14-10-21-11-17-14)19-7-12-6-18(3-5-23-15(12)9-19)8-13-2-1-4-22-13/h1-2,4,10-12,15H,3,5-9H2/t12-,15+/m1/s1. The molecule has 0 N–H and O–H groups in total. The third-order valence-corrected chi connectivity index (χ3v) is 4.51. The zero-order chi connectivity index (χ0) is 15.6. The average Bonchev–Trinajstić information content (AvgIpc) is 3.28. The fourth-order valence-corrected chi connectivity index (χ4v) is 3.37. The fraction of sp³-hybridized carbons (Fsp3) is 0.500. The first-order valence-corrected chi connectivity index (χ1v) is 7.83. The summed E-state index contributed by atoms with van der Waals surface area (Å²) in [5, 5.41) is 0. The molecule has 1 amide bonds. The van der Waals surface area contributed by atoms with E-state index in [4.69, 9.17) is 13.6 Å². The number of oxazole rings is 1. The molecule has 2 aliphatic rings. The highest BCUT2D eigenvalue weighted by Gasteiger charge is 2.39. The van der Waals surface area contributed by atoms with Gasteiger partial charge in [-0.1, -0.05) is 0 Å². The number of fused-ring (bicyclic) bond motifs is 1. The molecule has 0 radical (unpaired) electrons. The Morgan fingerprint density at radius 3 is 3.09 bits per heavy atom. The van der Waals surface area contributed by atoms with Crippen molar-refractivity contribution in [2.24, 2.45) is 5.92 Å². The van der Waals surface area contributed by atoms with Gasteiger partial charge in [0.05, 0.1) is 25.5 Å². The first-order chi connectivity index (χ1) is 11.3. The van der Waals surface area contributed by atoms with Crippen molar-refractivity contribution in [2.75, 3.05) is 32.8 Å². The van der Waals surface area contributed by atoms with Gasteiger partial charge in [0.15, 0.2) is 12.1 Å². The van der Waals surface area contributed by atoms with E-state index >= 15 is 0 Å². The molecule has 23 heavy (non-hydrogen) atoms. The minimum atomic E-state index is -0.0898. The highest BCUT2D eigenvalue weighted by Crippen LogP contribution is 2.25. The second-order valence-corrected chi connectivity index (χ2v) is 6.07. The number of carbonyl (C=O) groups is 1. The van der Waals surface area contributed by atoms with Gasteiger partial charge in [0.25, 0.3) is 5.91 Å². The number of ether oxygens (including phenoxy) is 1. The second-order valence-electron chi connectivity index (χ2n) is 6.07. The van der Waals surface area contributed by atoms with E-state index in [-0.39, 0.29) is 12.0 Å². The molecule has 2 aliphatic heterocycles. The van der Waals surface area contributed by atoms with E-state index in [1.807, 2.05) is 17.0 Å². The van der Waals surface area contributed by atoms with E-state index in [9.17, 15) is 4.79 Å². The Labute approximate surface area is 133 Å². The molecular weight excluding hydrogens is 298 g/mol. The van der Waals surface area contributed by atoms with E-state index in [1.54, 1.807) is 6.26 Å². The van der Waals surface area contributed by atoms with Gasteiger partial charge in [-0.3, -0.25) is 9.69 Å². The minimum absolute atomic E-state index is 0.0898. The van der Waals surface area contributed by atoms with E-state index in [0.29, 0.717) is 31.3 Å². The molecule has 4 heterocycles. The number of carbonyl (C=O) groups excluding carboxylic acids is 1. The number of furan rings is 1. The molecular formula is C16H19N3O4. The SMILES string of the molecule is O=C(c1cocn1)N1C[C@H]2CN(Cc3ccco3)CCO[C@H]2C1. The summed E-state index contributed by atoms with van der Waals surface area (Å²) in [6.07, 6.45) is 4.46. The molecule has 0 bridgehead atoms. The van der Waals surface area contributed by atoms with E-state index in [0.717, 1.165) is 25.4 Å². The molecule has 0 aliphatic carbocycles. The highest BCUT2D eigenvalue weighted by atomic mass is 16.5. The average molecular weight is 317 g/mol. The zero-order valence-electron chi connectivity index (χ0n) is 12.8. The molecule has 2 aromatic heterocycles. The van der Waals surface area contributed by atoms with Crippen LogP contribution in [0.3, 0.4) is 0 Å². The fourth-order valence-electron chi connectivity index (χ4n) is 3.37. The van der Waals surface area contributed by atoms with Crippen molar-refractivity contribution >= 4 is 5.91 Å². The molecule has 0 unspecified atom stereocenters. The molecule has 2 atom stereocenters. The predicted octanol–water partition coefficient (Wildman–Crippen LogP) is 1.24. The number of hydrogen-bond donors (Lipinski definition) is 0. The number of amides is 1. The zero-order valence-corrected chi connectivity index (χ0v) is 12.8. The van der Waals surface area contributed by atoms with Crippen LogP contribution in [0.5, 0.6) is 0 Å². The lowest BCUT2D eigenvalue weighted by molar-refractivity contribution is 0.0481. The molecule has 0 spiro atoms. The molecule has 4 rings (SSSR count). The van der Waals surface area contributed by atoms with Gasteiger partial charge in [0, 0.05) is 32.1 Å². The summed E-state index contributed by atoms with van der Waals surface area (Å²) >= 11 is 0. The van der Waals surface area contributed by atoms with Crippen LogP contribution in [0.4, 0.5) is 0 Å². The van der Waals surface area contributed by atoms with E-state index in [2.05, 4.69) is 9.88 Å². The maximum Gasteiger partial charge on any atom is 0.275 e. The third kappa shape index (κ3) is 3.02. The van der Waals surface area contributed by atoms with Crippen molar-refractivity contribution in [3.63, 3.8) is 0 Å². The van der Waals surface area contributed by atoms with Crippen LogP contribution < -0.4 is 0 Å². The van der Waals surface area contributed by atoms with Crippen molar-refractivity contribution in [1.82, 2.24) is 14.8 Å². The van der Waals surface area contributed by atoms with E-state index in [1.165, 1.54) is 12.7 Å². The summed E-state index contributed by atoms with van der Waals surface area (Å²) in [6.45, 7) is 4.53. The number of likely N-dealkylation sites (tertiary alicyclic amines) is 1. The Kier molecular flexibility index (Phi) is 3.88. The molecule has 2 fully saturated rings. The molecule has 0 aromatic carbocycles. The van der Waals surface area contributed by atoms with Gasteiger partial charge in [-0.05, 0) is 12.1 Å². The van der Waals surface area contributed by atoms with Gasteiger partial charge in [0.2, 0.25) is 0 Å². The summed E-state index contributed by atoms with van der Waals surface area (Å²) in [7, 11) is 0. The van der Waals surface area contributed by atoms with Crippen LogP contribution in [0.25, 0.3) is 0 Å². The summed E-state index contributed by atoms with van der Waals surface area (Å²) in [4.78, 5) is 20.5. The quantitative estimate of drug-likeness (QED) is 0.848. The van der Waals surface area contributed by atoms with Gasteiger partial charge in [-0.2, -0.15) is 0 Å². The van der Waals surface area contributed by atoms with Gasteiger partial charge in [0.1, 0.15) is 12.0 Å². The number of hydrogen-bond acceptors (Lipinski definition) is 6. The monoisotopic (exact) mass is 317 g/mol. The number of nitrogens with zero attached hydrogens (tertiary/aromatic N) is 3. The molecule has 2 saturated heterocycles. The van der Waals surface area contributed by atoms with Crippen molar-refractivity contribution in [3.05, 3.63) is 42.5 Å². The summed E-state index contributed by atoms with van der Waals surface area (Å²) < 4.78 is 16.3. The largest absolute Gasteiger partial charge is 0.468 e. The summed E-state index contributed by atoms with van der Waals surface area (Å²) in [5.41, 5.74) is 0.355. The van der Waals surface area contributed by atoms with Gasteiger partial charge in [-0.15, -0.1) is 0 Å². The summed E-state index contributed by atoms with van der Waals surface area (Å²) in [6, 6.07) is 3.89. The van der Waals surface area contributed by atoms with Crippen LogP contribution in [0, 0.1) is 5.92 Å². The smallest absolute Gasteiger partial charge is 0.275 e. The lowest BCUT2D eigenvalue weighted by Gasteiger charge is -2.22. The van der Waals surface area contributed by atoms with Crippen molar-refractivity contribution < 1.29 is 18.4 Å². The first-order valence-electron chi connectivity index (χ1n) is 7.83. The van der Waals surface area contributed by atoms with Crippen molar-refractivity contribution in [1.29, 1.82) is 0 Å². The third-order valence-electron chi connectivity index (χ3n) is 4.51. The number of rotatable bonds is 3.